The molecule has 1 aliphatic rings. The molecule has 0 bridgehead atoms. The van der Waals surface area contributed by atoms with Crippen LogP contribution in [0.2, 0.25) is 0 Å². The molecule has 1 saturated heterocycles. The van der Waals surface area contributed by atoms with E-state index in [0.717, 1.165) is 36.3 Å². The Balaban J connectivity index is 0.00000228. The minimum atomic E-state index is -3.66. The second-order valence-corrected chi connectivity index (χ2v) is 10.7. The lowest BCUT2D eigenvalue weighted by Gasteiger charge is -2.34. The summed E-state index contributed by atoms with van der Waals surface area (Å²) >= 11 is 0. The van der Waals surface area contributed by atoms with Crippen molar-refractivity contribution in [3.63, 3.8) is 0 Å². The number of benzene rings is 3. The van der Waals surface area contributed by atoms with Gasteiger partial charge in [-0.3, -0.25) is 4.31 Å². The molecular formula is C27H35Cl2N3O3S. The Morgan fingerprint density at radius 3 is 2.39 bits per heavy atom. The van der Waals surface area contributed by atoms with Crippen LogP contribution in [-0.2, 0) is 16.6 Å². The number of hydrogen-bond acceptors (Lipinski definition) is 5. The summed E-state index contributed by atoms with van der Waals surface area (Å²) in [6.45, 7) is 3.51. The molecule has 2 atom stereocenters. The van der Waals surface area contributed by atoms with Crippen LogP contribution in [0.1, 0.15) is 35.6 Å². The molecule has 0 radical (unpaired) electrons. The van der Waals surface area contributed by atoms with Gasteiger partial charge in [-0.2, -0.15) is 0 Å². The van der Waals surface area contributed by atoms with E-state index < -0.39 is 10.0 Å². The molecule has 2 N–H and O–H groups in total. The summed E-state index contributed by atoms with van der Waals surface area (Å²) in [7, 11) is -0.436. The van der Waals surface area contributed by atoms with Crippen molar-refractivity contribution in [1.29, 1.82) is 0 Å². The molecule has 36 heavy (non-hydrogen) atoms. The maximum absolute atomic E-state index is 13.2. The first-order chi connectivity index (χ1) is 16.4. The van der Waals surface area contributed by atoms with Crippen LogP contribution in [0.3, 0.4) is 0 Å². The maximum atomic E-state index is 13.2. The van der Waals surface area contributed by atoms with E-state index in [1.54, 1.807) is 32.4 Å². The smallest absolute Gasteiger partial charge is 0.264 e. The van der Waals surface area contributed by atoms with Gasteiger partial charge in [-0.1, -0.05) is 48.0 Å². The number of methoxy groups -OCH3 is 1. The Labute approximate surface area is 227 Å². The first-order valence-corrected chi connectivity index (χ1v) is 13.1. The number of anilines is 1. The number of piperidine rings is 1. The molecule has 6 nitrogen and oxygen atoms in total. The van der Waals surface area contributed by atoms with Gasteiger partial charge in [0.25, 0.3) is 10.0 Å². The lowest BCUT2D eigenvalue weighted by atomic mass is 9.92. The fourth-order valence-corrected chi connectivity index (χ4v) is 5.65. The summed E-state index contributed by atoms with van der Waals surface area (Å²) in [5, 5.41) is 7.33. The molecule has 0 saturated carbocycles. The van der Waals surface area contributed by atoms with E-state index in [1.807, 2.05) is 37.3 Å². The second kappa shape index (κ2) is 13.3. The molecule has 0 aliphatic carbocycles. The van der Waals surface area contributed by atoms with Crippen molar-refractivity contribution >= 4 is 40.5 Å². The Kier molecular flexibility index (Phi) is 11.1. The number of rotatable bonds is 8. The molecule has 1 heterocycles. The maximum Gasteiger partial charge on any atom is 0.264 e. The Hall–Kier alpha value is -2.29. The lowest BCUT2D eigenvalue weighted by molar-refractivity contribution is 0.303. The second-order valence-electron chi connectivity index (χ2n) is 8.75. The fourth-order valence-electron chi connectivity index (χ4n) is 4.47. The van der Waals surface area contributed by atoms with E-state index in [9.17, 15) is 8.42 Å². The molecule has 4 rings (SSSR count). The van der Waals surface area contributed by atoms with E-state index in [1.165, 1.54) is 9.87 Å². The van der Waals surface area contributed by atoms with Crippen molar-refractivity contribution in [3.8, 4) is 5.75 Å². The van der Waals surface area contributed by atoms with Crippen LogP contribution in [0, 0.1) is 6.92 Å². The van der Waals surface area contributed by atoms with Gasteiger partial charge in [0, 0.05) is 31.2 Å². The van der Waals surface area contributed by atoms with E-state index in [4.69, 9.17) is 4.74 Å². The molecule has 3 aromatic carbocycles. The lowest BCUT2D eigenvalue weighted by Crippen LogP contribution is -2.45. The molecule has 0 aromatic heterocycles. The quantitative estimate of drug-likeness (QED) is 0.399. The molecule has 0 spiro atoms. The van der Waals surface area contributed by atoms with Gasteiger partial charge in [-0.15, -0.1) is 24.8 Å². The van der Waals surface area contributed by atoms with Gasteiger partial charge in [0.05, 0.1) is 17.7 Å². The number of nitrogens with one attached hydrogen (secondary N) is 2. The summed E-state index contributed by atoms with van der Waals surface area (Å²) in [6, 6.07) is 23.4. The van der Waals surface area contributed by atoms with Gasteiger partial charge in [0.15, 0.2) is 0 Å². The van der Waals surface area contributed by atoms with Gasteiger partial charge in [0.1, 0.15) is 5.75 Å². The molecule has 1 fully saturated rings. The first-order valence-electron chi connectivity index (χ1n) is 11.6. The average molecular weight is 553 g/mol. The molecule has 1 aliphatic heterocycles. The van der Waals surface area contributed by atoms with Gasteiger partial charge in [-0.25, -0.2) is 8.42 Å². The standard InChI is InChI=1S/C27H33N3O3S.2ClH/c1-20-11-14-24(15-12-20)34(31,32)30(2)23-13-16-26(33-3)22(18-23)19-29-25-10-7-17-28-27(25)21-8-5-4-6-9-21;;/h4-6,8-9,11-16,18,25,27-29H,7,10,17,19H2,1-3H3;2*1H/t25-,27-;;/m0../s1. The number of ether oxygens (including phenoxy) is 1. The van der Waals surface area contributed by atoms with Gasteiger partial charge in [-0.05, 0) is 62.2 Å². The summed E-state index contributed by atoms with van der Waals surface area (Å²) in [5.41, 5.74) is 3.80. The number of aryl methyl sites for hydroxylation is 1. The fraction of sp³-hybridized carbons (Fsp3) is 0.333. The minimum Gasteiger partial charge on any atom is -0.496 e. The third-order valence-corrected chi connectivity index (χ3v) is 8.28. The van der Waals surface area contributed by atoms with E-state index in [-0.39, 0.29) is 41.8 Å². The van der Waals surface area contributed by atoms with E-state index in [2.05, 4.69) is 34.9 Å². The Morgan fingerprint density at radius 2 is 1.72 bits per heavy atom. The zero-order valence-corrected chi connectivity index (χ0v) is 23.3. The summed E-state index contributed by atoms with van der Waals surface area (Å²) in [6.07, 6.45) is 2.17. The van der Waals surface area contributed by atoms with Crippen molar-refractivity contribution in [2.75, 3.05) is 25.0 Å². The molecule has 0 amide bonds. The highest BCUT2D eigenvalue weighted by Crippen LogP contribution is 2.29. The highest BCUT2D eigenvalue weighted by molar-refractivity contribution is 7.92. The SMILES string of the molecule is COc1ccc(N(C)S(=O)(=O)c2ccc(C)cc2)cc1CN[C@H]1CCCN[C@H]1c1ccccc1.Cl.Cl. The number of sulfonamides is 1. The van der Waals surface area contributed by atoms with Crippen LogP contribution in [0.4, 0.5) is 5.69 Å². The van der Waals surface area contributed by atoms with Crippen LogP contribution in [-0.4, -0.2) is 35.2 Å². The van der Waals surface area contributed by atoms with Crippen LogP contribution in [0.15, 0.2) is 77.7 Å². The van der Waals surface area contributed by atoms with Crippen molar-refractivity contribution in [3.05, 3.63) is 89.5 Å². The van der Waals surface area contributed by atoms with Crippen molar-refractivity contribution in [2.45, 2.75) is 43.3 Å². The largest absolute Gasteiger partial charge is 0.496 e. The van der Waals surface area contributed by atoms with Gasteiger partial charge >= 0.3 is 0 Å². The predicted molar refractivity (Wildman–Crippen MR) is 151 cm³/mol. The molecular weight excluding hydrogens is 517 g/mol. The van der Waals surface area contributed by atoms with Crippen LogP contribution in [0.25, 0.3) is 0 Å². The topological polar surface area (TPSA) is 70.7 Å². The summed E-state index contributed by atoms with van der Waals surface area (Å²) in [4.78, 5) is 0.273. The monoisotopic (exact) mass is 551 g/mol. The zero-order valence-electron chi connectivity index (χ0n) is 20.8. The van der Waals surface area contributed by atoms with Crippen molar-refractivity contribution in [1.82, 2.24) is 10.6 Å². The zero-order chi connectivity index (χ0) is 24.1. The first kappa shape index (κ1) is 29.9. The van der Waals surface area contributed by atoms with Crippen LogP contribution >= 0.6 is 24.8 Å². The van der Waals surface area contributed by atoms with E-state index >= 15 is 0 Å². The molecule has 9 heteroatoms. The molecule has 3 aromatic rings. The van der Waals surface area contributed by atoms with Crippen molar-refractivity contribution in [2.24, 2.45) is 0 Å². The highest BCUT2D eigenvalue weighted by Gasteiger charge is 2.26. The predicted octanol–water partition coefficient (Wildman–Crippen LogP) is 5.26. The normalized spacial score (nSPS) is 17.4. The van der Waals surface area contributed by atoms with Gasteiger partial charge in [0.2, 0.25) is 0 Å². The third-order valence-electron chi connectivity index (χ3n) is 6.48. The van der Waals surface area contributed by atoms with Crippen LogP contribution < -0.4 is 19.7 Å². The number of halogens is 2. The van der Waals surface area contributed by atoms with Gasteiger partial charge < -0.3 is 15.4 Å². The highest BCUT2D eigenvalue weighted by atomic mass is 35.5. The van der Waals surface area contributed by atoms with Crippen LogP contribution in [0.5, 0.6) is 5.75 Å². The Bertz CT molecular complexity index is 1210. The Morgan fingerprint density at radius 1 is 1.03 bits per heavy atom. The molecule has 0 unspecified atom stereocenters. The summed E-state index contributed by atoms with van der Waals surface area (Å²) in [5.74, 6) is 0.734. The summed E-state index contributed by atoms with van der Waals surface area (Å²) < 4.78 is 33.3. The minimum absolute atomic E-state index is 0. The molecule has 196 valence electrons. The number of nitrogens with zero attached hydrogens (tertiary/aromatic N) is 1. The van der Waals surface area contributed by atoms with E-state index in [0.29, 0.717) is 12.2 Å². The van der Waals surface area contributed by atoms with Crippen molar-refractivity contribution < 1.29 is 13.2 Å². The number of hydrogen-bond donors (Lipinski definition) is 2. The average Bonchev–Trinajstić information content (AvgIpc) is 2.87. The third kappa shape index (κ3) is 6.72.